The summed E-state index contributed by atoms with van der Waals surface area (Å²) in [7, 11) is 2.15. The lowest BCUT2D eigenvalue weighted by Crippen LogP contribution is -2.17. The van der Waals surface area contributed by atoms with Crippen LogP contribution < -0.4 is 4.90 Å². The maximum absolute atomic E-state index is 2.29. The summed E-state index contributed by atoms with van der Waals surface area (Å²) in [5.74, 6) is 0. The predicted octanol–water partition coefficient (Wildman–Crippen LogP) is 6.10. The van der Waals surface area contributed by atoms with E-state index in [1.807, 2.05) is 0 Å². The highest BCUT2D eigenvalue weighted by Crippen LogP contribution is 2.33. The third kappa shape index (κ3) is 3.41. The molecule has 3 rings (SSSR count). The predicted molar refractivity (Wildman–Crippen MR) is 105 cm³/mol. The molecular weight excluding hydrogens is 290 g/mol. The maximum Gasteiger partial charge on any atom is 0.0520 e. The zero-order chi connectivity index (χ0) is 16.8. The summed E-state index contributed by atoms with van der Waals surface area (Å²) in [5, 5.41) is 0. The van der Waals surface area contributed by atoms with Crippen LogP contribution in [-0.2, 0) is 0 Å². The molecule has 0 saturated heterocycles. The second kappa shape index (κ2) is 7.65. The van der Waals surface area contributed by atoms with Gasteiger partial charge in [0.05, 0.1) is 5.70 Å². The number of anilines is 1. The van der Waals surface area contributed by atoms with Crippen molar-refractivity contribution in [2.24, 2.45) is 0 Å². The molecule has 24 heavy (non-hydrogen) atoms. The first kappa shape index (κ1) is 16.1. The molecule has 0 amide bonds. The standard InChI is InChI=1S/C23H23N/c1-3-22(19-13-7-4-8-14-19)23(20-15-9-5-10-16-20)24(2)21-17-11-6-12-18-21/h4-18H,3H2,1-2H3/b23-22+. The molecule has 0 radical (unpaired) electrons. The molecule has 0 unspecified atom stereocenters. The second-order valence-electron chi connectivity index (χ2n) is 5.81. The molecular formula is C23H23N. The molecule has 3 aromatic rings. The monoisotopic (exact) mass is 313 g/mol. The average molecular weight is 313 g/mol. The zero-order valence-electron chi connectivity index (χ0n) is 14.3. The Morgan fingerprint density at radius 1 is 0.667 bits per heavy atom. The van der Waals surface area contributed by atoms with Gasteiger partial charge in [-0.25, -0.2) is 0 Å². The highest BCUT2D eigenvalue weighted by atomic mass is 15.1. The molecule has 0 aliphatic carbocycles. The van der Waals surface area contributed by atoms with Gasteiger partial charge >= 0.3 is 0 Å². The minimum Gasteiger partial charge on any atom is -0.344 e. The first-order valence-corrected chi connectivity index (χ1v) is 8.44. The van der Waals surface area contributed by atoms with Crippen LogP contribution in [0, 0.1) is 0 Å². The van der Waals surface area contributed by atoms with Gasteiger partial charge in [0.15, 0.2) is 0 Å². The Morgan fingerprint density at radius 2 is 1.12 bits per heavy atom. The second-order valence-corrected chi connectivity index (χ2v) is 5.81. The van der Waals surface area contributed by atoms with Gasteiger partial charge < -0.3 is 4.90 Å². The van der Waals surface area contributed by atoms with E-state index in [4.69, 9.17) is 0 Å². The van der Waals surface area contributed by atoms with Crippen LogP contribution >= 0.6 is 0 Å². The zero-order valence-corrected chi connectivity index (χ0v) is 14.3. The smallest absolute Gasteiger partial charge is 0.0520 e. The van der Waals surface area contributed by atoms with Crippen molar-refractivity contribution in [2.45, 2.75) is 13.3 Å². The lowest BCUT2D eigenvalue weighted by Gasteiger charge is -2.27. The largest absolute Gasteiger partial charge is 0.344 e. The summed E-state index contributed by atoms with van der Waals surface area (Å²) in [4.78, 5) is 2.29. The minimum absolute atomic E-state index is 0.978. The Bertz CT molecular complexity index is 789. The number of nitrogens with zero attached hydrogens (tertiary/aromatic N) is 1. The van der Waals surface area contributed by atoms with E-state index in [0.29, 0.717) is 0 Å². The molecule has 0 N–H and O–H groups in total. The molecule has 0 spiro atoms. The van der Waals surface area contributed by atoms with Gasteiger partial charge in [0.25, 0.3) is 0 Å². The van der Waals surface area contributed by atoms with Crippen LogP contribution in [0.4, 0.5) is 5.69 Å². The van der Waals surface area contributed by atoms with Crippen LogP contribution in [0.15, 0.2) is 91.0 Å². The van der Waals surface area contributed by atoms with Crippen molar-refractivity contribution >= 4 is 17.0 Å². The van der Waals surface area contributed by atoms with Crippen LogP contribution in [-0.4, -0.2) is 7.05 Å². The molecule has 1 heteroatoms. The molecule has 0 bridgehead atoms. The number of para-hydroxylation sites is 1. The number of hydrogen-bond acceptors (Lipinski definition) is 1. The van der Waals surface area contributed by atoms with Crippen molar-refractivity contribution in [2.75, 3.05) is 11.9 Å². The molecule has 0 aliphatic rings. The average Bonchev–Trinajstić information content (AvgIpc) is 2.67. The Hall–Kier alpha value is -2.80. The Balaban J connectivity index is 2.20. The molecule has 0 heterocycles. The van der Waals surface area contributed by atoms with Crippen LogP contribution in [0.3, 0.4) is 0 Å². The maximum atomic E-state index is 2.29. The van der Waals surface area contributed by atoms with Crippen LogP contribution in [0.5, 0.6) is 0 Å². The number of hydrogen-bond donors (Lipinski definition) is 0. The fourth-order valence-electron chi connectivity index (χ4n) is 3.09. The lowest BCUT2D eigenvalue weighted by molar-refractivity contribution is 1.17. The summed E-state index contributed by atoms with van der Waals surface area (Å²) in [6.07, 6.45) is 0.978. The molecule has 0 saturated carbocycles. The van der Waals surface area contributed by atoms with E-state index in [1.165, 1.54) is 28.1 Å². The van der Waals surface area contributed by atoms with Crippen molar-refractivity contribution in [3.63, 3.8) is 0 Å². The van der Waals surface area contributed by atoms with Crippen LogP contribution in [0.2, 0.25) is 0 Å². The Labute approximate surface area is 144 Å². The van der Waals surface area contributed by atoms with E-state index in [9.17, 15) is 0 Å². The molecule has 120 valence electrons. The van der Waals surface area contributed by atoms with Gasteiger partial charge in [-0.1, -0.05) is 85.8 Å². The van der Waals surface area contributed by atoms with E-state index in [-0.39, 0.29) is 0 Å². The van der Waals surface area contributed by atoms with Crippen molar-refractivity contribution in [3.05, 3.63) is 102 Å². The number of allylic oxidation sites excluding steroid dienone is 1. The van der Waals surface area contributed by atoms with Crippen LogP contribution in [0.25, 0.3) is 11.3 Å². The summed E-state index contributed by atoms with van der Waals surface area (Å²) >= 11 is 0. The van der Waals surface area contributed by atoms with E-state index < -0.39 is 0 Å². The summed E-state index contributed by atoms with van der Waals surface area (Å²) in [5.41, 5.74) is 6.33. The number of rotatable bonds is 5. The first-order valence-electron chi connectivity index (χ1n) is 8.44. The van der Waals surface area contributed by atoms with Crippen LogP contribution in [0.1, 0.15) is 24.5 Å². The molecule has 1 nitrogen and oxygen atoms in total. The topological polar surface area (TPSA) is 3.24 Å². The number of benzene rings is 3. The Morgan fingerprint density at radius 3 is 1.62 bits per heavy atom. The minimum atomic E-state index is 0.978. The normalized spacial score (nSPS) is 11.8. The SMILES string of the molecule is CC/C(=C(/c1ccccc1)N(C)c1ccccc1)c1ccccc1. The van der Waals surface area contributed by atoms with Crippen molar-refractivity contribution in [3.8, 4) is 0 Å². The van der Waals surface area contributed by atoms with E-state index >= 15 is 0 Å². The fourth-order valence-corrected chi connectivity index (χ4v) is 3.09. The highest BCUT2D eigenvalue weighted by molar-refractivity contribution is 5.96. The third-order valence-corrected chi connectivity index (χ3v) is 4.29. The molecule has 0 atom stereocenters. The molecule has 0 aromatic heterocycles. The van der Waals surface area contributed by atoms with Gasteiger partial charge in [-0.05, 0) is 35.3 Å². The molecule has 0 fully saturated rings. The Kier molecular flexibility index (Phi) is 5.12. The van der Waals surface area contributed by atoms with Crippen molar-refractivity contribution in [1.82, 2.24) is 0 Å². The van der Waals surface area contributed by atoms with Crippen molar-refractivity contribution in [1.29, 1.82) is 0 Å². The molecule has 3 aromatic carbocycles. The highest BCUT2D eigenvalue weighted by Gasteiger charge is 2.15. The summed E-state index contributed by atoms with van der Waals surface area (Å²) < 4.78 is 0. The van der Waals surface area contributed by atoms with Gasteiger partial charge in [0, 0.05) is 12.7 Å². The van der Waals surface area contributed by atoms with Crippen molar-refractivity contribution < 1.29 is 0 Å². The molecule has 0 aliphatic heterocycles. The first-order chi connectivity index (χ1) is 11.8. The van der Waals surface area contributed by atoms with Gasteiger partial charge in [-0.15, -0.1) is 0 Å². The fraction of sp³-hybridized carbons (Fsp3) is 0.130. The lowest BCUT2D eigenvalue weighted by atomic mass is 9.96. The van der Waals surface area contributed by atoms with Gasteiger partial charge in [0.2, 0.25) is 0 Å². The quantitative estimate of drug-likeness (QED) is 0.514. The van der Waals surface area contributed by atoms with Gasteiger partial charge in [0.1, 0.15) is 0 Å². The van der Waals surface area contributed by atoms with Gasteiger partial charge in [-0.2, -0.15) is 0 Å². The van der Waals surface area contributed by atoms with E-state index in [0.717, 1.165) is 6.42 Å². The third-order valence-electron chi connectivity index (χ3n) is 4.29. The van der Waals surface area contributed by atoms with E-state index in [2.05, 4.69) is 110 Å². The van der Waals surface area contributed by atoms with Gasteiger partial charge in [-0.3, -0.25) is 0 Å². The summed E-state index contributed by atoms with van der Waals surface area (Å²) in [6.45, 7) is 2.23. The van der Waals surface area contributed by atoms with E-state index in [1.54, 1.807) is 0 Å². The summed E-state index contributed by atoms with van der Waals surface area (Å²) in [6, 6.07) is 31.9.